The third-order valence-electron chi connectivity index (χ3n) is 4.29. The van der Waals surface area contributed by atoms with E-state index in [1.165, 1.54) is 32.1 Å². The Labute approximate surface area is 108 Å². The molecule has 0 aliphatic heterocycles. The van der Waals surface area contributed by atoms with Gasteiger partial charge in [0, 0.05) is 18.1 Å². The molecule has 0 radical (unpaired) electrons. The third-order valence-corrected chi connectivity index (χ3v) is 4.29. The van der Waals surface area contributed by atoms with E-state index in [-0.39, 0.29) is 0 Å². The molecule has 1 rings (SSSR count). The van der Waals surface area contributed by atoms with Gasteiger partial charge in [-0.05, 0) is 45.7 Å². The molecule has 2 heteroatoms. The minimum absolute atomic E-state index is 0.613. The van der Waals surface area contributed by atoms with E-state index in [0.29, 0.717) is 12.1 Å². The molecule has 17 heavy (non-hydrogen) atoms. The smallest absolute Gasteiger partial charge is 0.00975 e. The van der Waals surface area contributed by atoms with Gasteiger partial charge in [0.15, 0.2) is 0 Å². The molecule has 1 aliphatic rings. The summed E-state index contributed by atoms with van der Waals surface area (Å²) in [6, 6.07) is 2.14. The van der Waals surface area contributed by atoms with Crippen molar-refractivity contribution in [3.05, 3.63) is 0 Å². The van der Waals surface area contributed by atoms with Crippen molar-refractivity contribution in [1.29, 1.82) is 0 Å². The van der Waals surface area contributed by atoms with Gasteiger partial charge < -0.3 is 10.2 Å². The quantitative estimate of drug-likeness (QED) is 0.766. The molecule has 0 aromatic heterocycles. The van der Waals surface area contributed by atoms with Crippen LogP contribution in [0.2, 0.25) is 0 Å². The molecule has 3 unspecified atom stereocenters. The van der Waals surface area contributed by atoms with E-state index in [9.17, 15) is 0 Å². The monoisotopic (exact) mass is 240 g/mol. The van der Waals surface area contributed by atoms with Crippen LogP contribution >= 0.6 is 0 Å². The van der Waals surface area contributed by atoms with Crippen molar-refractivity contribution in [2.24, 2.45) is 5.92 Å². The molecule has 1 aliphatic carbocycles. The normalized spacial score (nSPS) is 27.7. The summed E-state index contributed by atoms with van der Waals surface area (Å²) in [7, 11) is 2.32. The Balaban J connectivity index is 2.27. The predicted octanol–water partition coefficient (Wildman–Crippen LogP) is 3.27. The number of nitrogens with one attached hydrogen (secondary N) is 1. The van der Waals surface area contributed by atoms with Crippen LogP contribution in [0, 0.1) is 5.92 Å². The number of hydrogen-bond acceptors (Lipinski definition) is 2. The topological polar surface area (TPSA) is 15.3 Å². The van der Waals surface area contributed by atoms with Gasteiger partial charge in [0.05, 0.1) is 0 Å². The van der Waals surface area contributed by atoms with Crippen LogP contribution in [0.15, 0.2) is 0 Å². The minimum Gasteiger partial charge on any atom is -0.314 e. The second-order valence-corrected chi connectivity index (χ2v) is 6.34. The molecule has 0 aromatic rings. The summed E-state index contributed by atoms with van der Waals surface area (Å²) in [6.45, 7) is 10.4. The molecule has 2 nitrogen and oxygen atoms in total. The van der Waals surface area contributed by atoms with Gasteiger partial charge in [-0.15, -0.1) is 0 Å². The highest BCUT2D eigenvalue weighted by molar-refractivity contribution is 4.80. The molecule has 1 N–H and O–H groups in total. The van der Waals surface area contributed by atoms with Gasteiger partial charge in [-0.3, -0.25) is 0 Å². The van der Waals surface area contributed by atoms with Crippen LogP contribution in [0.3, 0.4) is 0 Å². The van der Waals surface area contributed by atoms with Gasteiger partial charge in [0.1, 0.15) is 0 Å². The molecule has 0 aromatic carbocycles. The molecular formula is C15H32N2. The molecule has 0 amide bonds. The molecule has 0 bridgehead atoms. The SMILES string of the molecule is CC1CCCC(N(C)C(C)CCNC(C)C)C1. The molecule has 3 atom stereocenters. The summed E-state index contributed by atoms with van der Waals surface area (Å²) in [5, 5.41) is 3.52. The minimum atomic E-state index is 0.613. The van der Waals surface area contributed by atoms with E-state index in [2.05, 4.69) is 45.0 Å². The van der Waals surface area contributed by atoms with Crippen molar-refractivity contribution < 1.29 is 0 Å². The maximum atomic E-state index is 3.52. The Kier molecular flexibility index (Phi) is 6.50. The molecule has 0 heterocycles. The van der Waals surface area contributed by atoms with Crippen molar-refractivity contribution >= 4 is 0 Å². The number of hydrogen-bond donors (Lipinski definition) is 1. The zero-order chi connectivity index (χ0) is 12.8. The zero-order valence-corrected chi connectivity index (χ0v) is 12.5. The Morgan fingerprint density at radius 2 is 1.94 bits per heavy atom. The van der Waals surface area contributed by atoms with Crippen LogP contribution in [0.25, 0.3) is 0 Å². The number of nitrogens with zero attached hydrogens (tertiary/aromatic N) is 1. The molecule has 0 spiro atoms. The van der Waals surface area contributed by atoms with Gasteiger partial charge in [-0.25, -0.2) is 0 Å². The summed E-state index contributed by atoms with van der Waals surface area (Å²) in [6.07, 6.45) is 6.93. The van der Waals surface area contributed by atoms with Crippen LogP contribution in [0.4, 0.5) is 0 Å². The number of rotatable bonds is 6. The Hall–Kier alpha value is -0.0800. The van der Waals surface area contributed by atoms with E-state index < -0.39 is 0 Å². The Bertz CT molecular complexity index is 203. The van der Waals surface area contributed by atoms with Gasteiger partial charge in [0.2, 0.25) is 0 Å². The average Bonchev–Trinajstić information content (AvgIpc) is 2.27. The second-order valence-electron chi connectivity index (χ2n) is 6.34. The lowest BCUT2D eigenvalue weighted by Crippen LogP contribution is -2.42. The highest BCUT2D eigenvalue weighted by Gasteiger charge is 2.24. The van der Waals surface area contributed by atoms with E-state index in [1.807, 2.05) is 0 Å². The molecule has 1 saturated carbocycles. The van der Waals surface area contributed by atoms with Crippen LogP contribution in [0.1, 0.15) is 59.8 Å². The van der Waals surface area contributed by atoms with Gasteiger partial charge >= 0.3 is 0 Å². The van der Waals surface area contributed by atoms with Crippen LogP contribution in [0.5, 0.6) is 0 Å². The van der Waals surface area contributed by atoms with E-state index in [1.54, 1.807) is 0 Å². The molecule has 1 fully saturated rings. The van der Waals surface area contributed by atoms with Crippen LogP contribution in [-0.2, 0) is 0 Å². The predicted molar refractivity (Wildman–Crippen MR) is 76.4 cm³/mol. The fourth-order valence-electron chi connectivity index (χ4n) is 2.92. The fourth-order valence-corrected chi connectivity index (χ4v) is 2.92. The molecular weight excluding hydrogens is 208 g/mol. The Morgan fingerprint density at radius 3 is 2.53 bits per heavy atom. The van der Waals surface area contributed by atoms with Crippen molar-refractivity contribution in [3.63, 3.8) is 0 Å². The summed E-state index contributed by atoms with van der Waals surface area (Å²) in [5.74, 6) is 0.928. The van der Waals surface area contributed by atoms with E-state index >= 15 is 0 Å². The van der Waals surface area contributed by atoms with Crippen molar-refractivity contribution in [2.45, 2.75) is 77.9 Å². The highest BCUT2D eigenvalue weighted by Crippen LogP contribution is 2.27. The fraction of sp³-hybridized carbons (Fsp3) is 1.00. The largest absolute Gasteiger partial charge is 0.314 e. The average molecular weight is 240 g/mol. The van der Waals surface area contributed by atoms with Crippen molar-refractivity contribution in [1.82, 2.24) is 10.2 Å². The Morgan fingerprint density at radius 1 is 1.24 bits per heavy atom. The third kappa shape index (κ3) is 5.39. The van der Waals surface area contributed by atoms with E-state index in [4.69, 9.17) is 0 Å². The first-order valence-electron chi connectivity index (χ1n) is 7.46. The maximum absolute atomic E-state index is 3.52. The first-order valence-corrected chi connectivity index (χ1v) is 7.46. The standard InChI is InChI=1S/C15H32N2/c1-12(2)16-10-9-14(4)17(5)15-8-6-7-13(3)11-15/h12-16H,6-11H2,1-5H3. The summed E-state index contributed by atoms with van der Waals surface area (Å²) in [5.41, 5.74) is 0. The van der Waals surface area contributed by atoms with Gasteiger partial charge in [0.25, 0.3) is 0 Å². The maximum Gasteiger partial charge on any atom is 0.00975 e. The zero-order valence-electron chi connectivity index (χ0n) is 12.5. The lowest BCUT2D eigenvalue weighted by atomic mass is 9.86. The van der Waals surface area contributed by atoms with Crippen molar-refractivity contribution in [2.75, 3.05) is 13.6 Å². The van der Waals surface area contributed by atoms with Gasteiger partial charge in [-0.1, -0.05) is 33.6 Å². The summed E-state index contributed by atoms with van der Waals surface area (Å²) >= 11 is 0. The molecule has 0 saturated heterocycles. The highest BCUT2D eigenvalue weighted by atomic mass is 15.2. The second kappa shape index (κ2) is 7.38. The van der Waals surface area contributed by atoms with Crippen LogP contribution < -0.4 is 5.32 Å². The summed E-state index contributed by atoms with van der Waals surface area (Å²) < 4.78 is 0. The first kappa shape index (κ1) is 15.0. The summed E-state index contributed by atoms with van der Waals surface area (Å²) in [4.78, 5) is 2.62. The lowest BCUT2D eigenvalue weighted by Gasteiger charge is -2.38. The first-order chi connectivity index (χ1) is 8.00. The lowest BCUT2D eigenvalue weighted by molar-refractivity contribution is 0.121. The van der Waals surface area contributed by atoms with E-state index in [0.717, 1.165) is 18.5 Å². The molecule has 102 valence electrons. The van der Waals surface area contributed by atoms with Crippen molar-refractivity contribution in [3.8, 4) is 0 Å². The van der Waals surface area contributed by atoms with Crippen LogP contribution in [-0.4, -0.2) is 36.6 Å². The van der Waals surface area contributed by atoms with Gasteiger partial charge in [-0.2, -0.15) is 0 Å².